The van der Waals surface area contributed by atoms with E-state index in [-0.39, 0.29) is 24.3 Å². The smallest absolute Gasteiger partial charge is 0.228 e. The van der Waals surface area contributed by atoms with Gasteiger partial charge in [-0.05, 0) is 25.7 Å². The van der Waals surface area contributed by atoms with Gasteiger partial charge in [-0.3, -0.25) is 9.59 Å². The highest BCUT2D eigenvalue weighted by Gasteiger charge is 2.63. The van der Waals surface area contributed by atoms with Crippen molar-refractivity contribution in [3.63, 3.8) is 0 Å². The Labute approximate surface area is 136 Å². The van der Waals surface area contributed by atoms with E-state index in [0.29, 0.717) is 19.4 Å². The van der Waals surface area contributed by atoms with Crippen LogP contribution in [0.1, 0.15) is 39.0 Å². The van der Waals surface area contributed by atoms with Crippen LogP contribution in [0, 0.1) is 11.8 Å². The van der Waals surface area contributed by atoms with Crippen molar-refractivity contribution >= 4 is 11.8 Å². The van der Waals surface area contributed by atoms with E-state index in [1.54, 1.807) is 11.0 Å². The summed E-state index contributed by atoms with van der Waals surface area (Å²) in [7, 11) is 0. The Bertz CT molecular complexity index is 523. The third kappa shape index (κ3) is 2.31. The van der Waals surface area contributed by atoms with E-state index in [4.69, 9.17) is 0 Å². The van der Waals surface area contributed by atoms with Crippen molar-refractivity contribution in [2.45, 2.75) is 62.8 Å². The van der Waals surface area contributed by atoms with Gasteiger partial charge in [0.1, 0.15) is 11.7 Å². The highest BCUT2D eigenvalue weighted by molar-refractivity contribution is 5.89. The fourth-order valence-electron chi connectivity index (χ4n) is 4.65. The molecule has 1 aliphatic carbocycles. The molecule has 5 saturated heterocycles. The van der Waals surface area contributed by atoms with Gasteiger partial charge in [0.15, 0.2) is 0 Å². The maximum absolute atomic E-state index is 12.8. The van der Waals surface area contributed by atoms with Crippen LogP contribution in [0.3, 0.4) is 0 Å². The zero-order valence-electron chi connectivity index (χ0n) is 13.6. The number of carbonyl (C=O) groups excluding carboxylic acids is 2. The molecule has 0 radical (unpaired) electrons. The molecular formula is C17H26N2O4. The summed E-state index contributed by atoms with van der Waals surface area (Å²) in [6, 6.07) is -1.08. The Morgan fingerprint density at radius 2 is 2.17 bits per heavy atom. The van der Waals surface area contributed by atoms with E-state index >= 15 is 0 Å². The van der Waals surface area contributed by atoms with Gasteiger partial charge in [0.2, 0.25) is 11.8 Å². The van der Waals surface area contributed by atoms with Crippen molar-refractivity contribution in [3.8, 4) is 0 Å². The molecule has 6 nitrogen and oxygen atoms in total. The van der Waals surface area contributed by atoms with Crippen LogP contribution < -0.4 is 5.32 Å². The van der Waals surface area contributed by atoms with E-state index in [1.165, 1.54) is 0 Å². The lowest BCUT2D eigenvalue weighted by atomic mass is 9.62. The van der Waals surface area contributed by atoms with Crippen LogP contribution in [-0.2, 0) is 9.59 Å². The number of carbonyl (C=O) groups is 2. The van der Waals surface area contributed by atoms with Gasteiger partial charge in [-0.25, -0.2) is 0 Å². The SMILES string of the molecule is C=CC[C@@]1(O)[C@@H]2C(=O)N[C@@H]([C@H]3CC[C@@H]2N(CCCC)C3=O)[C@@H]1O. The summed E-state index contributed by atoms with van der Waals surface area (Å²) in [5.74, 6) is -1.52. The maximum atomic E-state index is 12.8. The van der Waals surface area contributed by atoms with Crippen molar-refractivity contribution < 1.29 is 19.8 Å². The zero-order chi connectivity index (χ0) is 16.8. The van der Waals surface area contributed by atoms with Gasteiger partial charge >= 0.3 is 0 Å². The van der Waals surface area contributed by atoms with E-state index < -0.39 is 29.6 Å². The lowest BCUT2D eigenvalue weighted by Crippen LogP contribution is -2.77. The highest BCUT2D eigenvalue weighted by atomic mass is 16.3. The molecule has 4 bridgehead atoms. The van der Waals surface area contributed by atoms with E-state index in [1.807, 2.05) is 0 Å². The van der Waals surface area contributed by atoms with Gasteiger partial charge in [0.25, 0.3) is 0 Å². The predicted octanol–water partition coefficient (Wildman–Crippen LogP) is 0.190. The molecule has 0 aromatic heterocycles. The Kier molecular flexibility index (Phi) is 4.23. The summed E-state index contributed by atoms with van der Waals surface area (Å²) in [4.78, 5) is 27.2. The average molecular weight is 322 g/mol. The fourth-order valence-corrected chi connectivity index (χ4v) is 4.65. The molecule has 0 unspecified atom stereocenters. The number of aliphatic hydroxyl groups excluding tert-OH is 1. The van der Waals surface area contributed by atoms with Crippen LogP contribution in [0.4, 0.5) is 0 Å². The molecule has 6 aliphatic rings. The van der Waals surface area contributed by atoms with E-state index in [9.17, 15) is 19.8 Å². The number of unbranched alkanes of at least 4 members (excludes halogenated alkanes) is 1. The number of amides is 2. The number of aliphatic hydroxyl groups is 2. The first-order valence-corrected chi connectivity index (χ1v) is 8.58. The third-order valence-corrected chi connectivity index (χ3v) is 5.80. The number of nitrogens with zero attached hydrogens (tertiary/aromatic N) is 1. The largest absolute Gasteiger partial charge is 0.388 e. The Hall–Kier alpha value is -1.40. The molecule has 2 amide bonds. The Morgan fingerprint density at radius 1 is 1.43 bits per heavy atom. The second kappa shape index (κ2) is 5.91. The minimum Gasteiger partial charge on any atom is -0.388 e. The molecule has 6 fully saturated rings. The first-order valence-electron chi connectivity index (χ1n) is 8.58. The molecule has 6 rings (SSSR count). The summed E-state index contributed by atoms with van der Waals surface area (Å²) in [6.07, 6.45) is 3.71. The normalized spacial score (nSPS) is 42.4. The van der Waals surface area contributed by atoms with Crippen molar-refractivity contribution in [3.05, 3.63) is 12.7 Å². The average Bonchev–Trinajstić information content (AvgIpc) is 2.49. The molecule has 0 aromatic carbocycles. The van der Waals surface area contributed by atoms with Crippen molar-refractivity contribution in [2.24, 2.45) is 11.8 Å². The summed E-state index contributed by atoms with van der Waals surface area (Å²) < 4.78 is 0. The molecule has 128 valence electrons. The standard InChI is InChI=1S/C17H26N2O4/c1-3-5-9-19-11-7-6-10(16(19)22)13-14(20)17(23,8-4-2)12(11)15(21)18-13/h4,10-14,20,23H,2-3,5-9H2,1H3,(H,18,21)/t10-,11+,12+,13+,14+,17-/m1/s1. The van der Waals surface area contributed by atoms with Crippen molar-refractivity contribution in [1.82, 2.24) is 10.2 Å². The molecule has 5 aliphatic heterocycles. The number of piperidine rings is 2. The number of hydrogen-bond acceptors (Lipinski definition) is 4. The van der Waals surface area contributed by atoms with Crippen LogP contribution in [-0.4, -0.2) is 57.3 Å². The lowest BCUT2D eigenvalue weighted by Gasteiger charge is -2.58. The number of rotatable bonds is 5. The Morgan fingerprint density at radius 3 is 2.83 bits per heavy atom. The first-order chi connectivity index (χ1) is 11.0. The summed E-state index contributed by atoms with van der Waals surface area (Å²) >= 11 is 0. The zero-order valence-corrected chi connectivity index (χ0v) is 13.6. The minimum atomic E-state index is -1.55. The Balaban J connectivity index is 2.05. The topological polar surface area (TPSA) is 89.9 Å². The molecule has 23 heavy (non-hydrogen) atoms. The lowest BCUT2D eigenvalue weighted by molar-refractivity contribution is -0.203. The van der Waals surface area contributed by atoms with E-state index in [2.05, 4.69) is 18.8 Å². The molecule has 0 aromatic rings. The van der Waals surface area contributed by atoms with Crippen LogP contribution >= 0.6 is 0 Å². The molecule has 0 spiro atoms. The summed E-state index contributed by atoms with van der Waals surface area (Å²) in [5, 5.41) is 24.6. The van der Waals surface area contributed by atoms with Gasteiger partial charge in [-0.1, -0.05) is 19.4 Å². The number of hydrogen-bond donors (Lipinski definition) is 3. The maximum Gasteiger partial charge on any atom is 0.228 e. The summed E-state index contributed by atoms with van der Waals surface area (Å²) in [6.45, 7) is 6.32. The predicted molar refractivity (Wildman–Crippen MR) is 84.3 cm³/mol. The van der Waals surface area contributed by atoms with Gasteiger partial charge in [0, 0.05) is 12.6 Å². The first kappa shape index (κ1) is 16.5. The fraction of sp³-hybridized carbons (Fsp3) is 0.765. The third-order valence-electron chi connectivity index (χ3n) is 5.80. The van der Waals surface area contributed by atoms with E-state index in [0.717, 1.165) is 12.8 Å². The molecule has 3 N–H and O–H groups in total. The van der Waals surface area contributed by atoms with Crippen LogP contribution in [0.5, 0.6) is 0 Å². The quantitative estimate of drug-likeness (QED) is 0.630. The molecular weight excluding hydrogens is 296 g/mol. The van der Waals surface area contributed by atoms with Gasteiger partial charge in [0.05, 0.1) is 17.9 Å². The van der Waals surface area contributed by atoms with Crippen LogP contribution in [0.25, 0.3) is 0 Å². The molecule has 1 saturated carbocycles. The van der Waals surface area contributed by atoms with Crippen molar-refractivity contribution in [1.29, 1.82) is 0 Å². The monoisotopic (exact) mass is 322 g/mol. The van der Waals surface area contributed by atoms with Gasteiger partial charge in [-0.2, -0.15) is 0 Å². The molecule has 6 atom stereocenters. The van der Waals surface area contributed by atoms with Gasteiger partial charge in [-0.15, -0.1) is 6.58 Å². The second-order valence-electron chi connectivity index (χ2n) is 7.08. The molecule has 6 heteroatoms. The highest BCUT2D eigenvalue weighted by Crippen LogP contribution is 2.46. The number of nitrogens with one attached hydrogen (secondary N) is 1. The second-order valence-corrected chi connectivity index (χ2v) is 7.08. The van der Waals surface area contributed by atoms with Crippen LogP contribution in [0.2, 0.25) is 0 Å². The summed E-state index contributed by atoms with van der Waals surface area (Å²) in [5.41, 5.74) is -1.55. The molecule has 5 heterocycles. The van der Waals surface area contributed by atoms with Crippen LogP contribution in [0.15, 0.2) is 12.7 Å². The minimum absolute atomic E-state index is 0.00408. The van der Waals surface area contributed by atoms with Crippen molar-refractivity contribution in [2.75, 3.05) is 6.54 Å². The van der Waals surface area contributed by atoms with Gasteiger partial charge < -0.3 is 20.4 Å².